The van der Waals surface area contributed by atoms with Gasteiger partial charge in [0, 0.05) is 4.75 Å². The van der Waals surface area contributed by atoms with Gasteiger partial charge in [0.1, 0.15) is 0 Å². The molecule has 0 saturated heterocycles. The zero-order valence-corrected chi connectivity index (χ0v) is 11.6. The number of hydrogen-bond donors (Lipinski definition) is 0. The Labute approximate surface area is 97.3 Å². The van der Waals surface area contributed by atoms with Gasteiger partial charge < -0.3 is 0 Å². The van der Waals surface area contributed by atoms with Crippen molar-refractivity contribution in [1.29, 1.82) is 0 Å². The first-order chi connectivity index (χ1) is 5.62. The summed E-state index contributed by atoms with van der Waals surface area (Å²) >= 11 is 1.99. The minimum absolute atomic E-state index is 0. The molecule has 90 valence electrons. The van der Waals surface area contributed by atoms with Crippen LogP contribution >= 0.6 is 11.8 Å². The minimum atomic E-state index is 0. The van der Waals surface area contributed by atoms with Gasteiger partial charge in [-0.25, -0.2) is 0 Å². The van der Waals surface area contributed by atoms with Crippen LogP contribution in [0.2, 0.25) is 0 Å². The van der Waals surface area contributed by atoms with E-state index in [2.05, 4.69) is 55.4 Å². The molecule has 0 N–H and O–H groups in total. The quantitative estimate of drug-likeness (QED) is 0.553. The Morgan fingerprint density at radius 3 is 1.14 bits per heavy atom. The first kappa shape index (κ1) is 19.9. The van der Waals surface area contributed by atoms with Gasteiger partial charge in [0.2, 0.25) is 0 Å². The average molecular weight is 220 g/mol. The number of thioether (sulfide) groups is 1. The van der Waals surface area contributed by atoms with Gasteiger partial charge in [-0.15, -0.1) is 0 Å². The molecule has 0 aliphatic carbocycles. The highest BCUT2D eigenvalue weighted by Crippen LogP contribution is 2.21. The summed E-state index contributed by atoms with van der Waals surface area (Å²) < 4.78 is 0.467. The maximum Gasteiger partial charge on any atom is 0.00749 e. The van der Waals surface area contributed by atoms with Gasteiger partial charge in [0.05, 0.1) is 0 Å². The maximum atomic E-state index is 2.24. The molecule has 14 heavy (non-hydrogen) atoms. The van der Waals surface area contributed by atoms with E-state index in [1.165, 1.54) is 12.2 Å². The molecule has 1 heteroatoms. The molecule has 0 aliphatic rings. The van der Waals surface area contributed by atoms with Gasteiger partial charge in [-0.2, -0.15) is 11.8 Å². The normalized spacial score (nSPS) is 11.1. The van der Waals surface area contributed by atoms with E-state index in [4.69, 9.17) is 0 Å². The van der Waals surface area contributed by atoms with E-state index in [0.29, 0.717) is 10.2 Å². The molecule has 0 rings (SSSR count). The lowest BCUT2D eigenvalue weighted by atomic mass is 9.94. The highest BCUT2D eigenvalue weighted by molar-refractivity contribution is 8.00. The third-order valence-corrected chi connectivity index (χ3v) is 2.79. The lowest BCUT2D eigenvalue weighted by Gasteiger charge is -2.14. The third kappa shape index (κ3) is 29.4. The zero-order chi connectivity index (χ0) is 11.1. The van der Waals surface area contributed by atoms with E-state index in [1.54, 1.807) is 0 Å². The summed E-state index contributed by atoms with van der Waals surface area (Å²) in [6.07, 6.45) is 1.27. The summed E-state index contributed by atoms with van der Waals surface area (Å²) in [7, 11) is 0. The molecule has 0 aliphatic heterocycles. The molecule has 0 atom stereocenters. The van der Waals surface area contributed by atoms with Crippen molar-refractivity contribution in [2.45, 2.75) is 74.0 Å². The monoisotopic (exact) mass is 220 g/mol. The predicted molar refractivity (Wildman–Crippen MR) is 74.4 cm³/mol. The molecule has 0 heterocycles. The molecule has 0 radical (unpaired) electrons. The molecular weight excluding hydrogens is 188 g/mol. The van der Waals surface area contributed by atoms with Gasteiger partial charge >= 0.3 is 0 Å². The Hall–Kier alpha value is 0.350. The van der Waals surface area contributed by atoms with Crippen LogP contribution in [-0.2, 0) is 0 Å². The van der Waals surface area contributed by atoms with Gasteiger partial charge in [-0.3, -0.25) is 0 Å². The van der Waals surface area contributed by atoms with Crippen molar-refractivity contribution in [1.82, 2.24) is 0 Å². The highest BCUT2D eigenvalue weighted by atomic mass is 32.2. The number of rotatable bonds is 1. The van der Waals surface area contributed by atoms with Crippen LogP contribution in [0.15, 0.2) is 0 Å². The molecule has 0 nitrogen and oxygen atoms in total. The highest BCUT2D eigenvalue weighted by Gasteiger charge is 2.06. The van der Waals surface area contributed by atoms with Crippen molar-refractivity contribution < 1.29 is 0 Å². The molecular formula is C13H32S. The van der Waals surface area contributed by atoms with Crippen LogP contribution in [0.3, 0.4) is 0 Å². The summed E-state index contributed by atoms with van der Waals surface area (Å²) in [5.41, 5.74) is 0.542. The second-order valence-electron chi connectivity index (χ2n) is 5.46. The molecule has 0 unspecified atom stereocenters. The van der Waals surface area contributed by atoms with Crippen molar-refractivity contribution >= 4 is 11.8 Å². The molecule has 0 amide bonds. The fraction of sp³-hybridized carbons (Fsp3) is 1.00. The molecule has 0 bridgehead atoms. The second-order valence-corrected chi connectivity index (χ2v) is 7.55. The Bertz CT molecular complexity index is 103. The molecule has 0 aromatic heterocycles. The summed E-state index contributed by atoms with van der Waals surface area (Å²) in [6, 6.07) is 0. The van der Waals surface area contributed by atoms with E-state index >= 15 is 0 Å². The lowest BCUT2D eigenvalue weighted by Crippen LogP contribution is -2.06. The summed E-state index contributed by atoms with van der Waals surface area (Å²) in [5, 5.41) is 0. The minimum Gasteiger partial charge on any atom is -0.156 e. The predicted octanol–water partition coefficient (Wildman–Crippen LogP) is 5.62. The Kier molecular flexibility index (Phi) is 12.3. The standard InChI is InChI=1S/C6H14S.C6H14.CH4/c1-5-7-6(2,3)4;1-5-6(2,3)4;/h5H2,1-4H3;5H2,1-4H3;1H4. The van der Waals surface area contributed by atoms with Crippen LogP contribution in [-0.4, -0.2) is 10.5 Å². The van der Waals surface area contributed by atoms with Crippen molar-refractivity contribution in [2.24, 2.45) is 5.41 Å². The third-order valence-electron chi connectivity index (χ3n) is 1.64. The molecule has 0 aromatic carbocycles. The molecule has 0 saturated carbocycles. The molecule has 0 aromatic rings. The molecule has 0 fully saturated rings. The summed E-state index contributed by atoms with van der Waals surface area (Å²) in [4.78, 5) is 0. The van der Waals surface area contributed by atoms with Gasteiger partial charge in [0.15, 0.2) is 0 Å². The van der Waals surface area contributed by atoms with E-state index in [9.17, 15) is 0 Å². The van der Waals surface area contributed by atoms with E-state index in [0.717, 1.165) is 0 Å². The smallest absolute Gasteiger partial charge is 0.00749 e. The van der Waals surface area contributed by atoms with Crippen molar-refractivity contribution in [3.05, 3.63) is 0 Å². The van der Waals surface area contributed by atoms with Gasteiger partial charge in [-0.05, 0) is 11.2 Å². The van der Waals surface area contributed by atoms with Crippen LogP contribution in [0.25, 0.3) is 0 Å². The van der Waals surface area contributed by atoms with Crippen molar-refractivity contribution in [3.63, 3.8) is 0 Å². The fourth-order valence-corrected chi connectivity index (χ4v) is 1.30. The van der Waals surface area contributed by atoms with Crippen molar-refractivity contribution in [2.75, 3.05) is 5.75 Å². The Morgan fingerprint density at radius 2 is 1.14 bits per heavy atom. The van der Waals surface area contributed by atoms with Gasteiger partial charge in [0.25, 0.3) is 0 Å². The van der Waals surface area contributed by atoms with Crippen molar-refractivity contribution in [3.8, 4) is 0 Å². The Morgan fingerprint density at radius 1 is 0.857 bits per heavy atom. The fourth-order valence-electron chi connectivity index (χ4n) is 0.433. The van der Waals surface area contributed by atoms with Crippen LogP contribution < -0.4 is 0 Å². The van der Waals surface area contributed by atoms with Crippen LogP contribution in [0.1, 0.15) is 69.2 Å². The number of hydrogen-bond acceptors (Lipinski definition) is 1. The van der Waals surface area contributed by atoms with E-state index in [-0.39, 0.29) is 7.43 Å². The Balaban J connectivity index is -0.000000163. The van der Waals surface area contributed by atoms with Gasteiger partial charge in [-0.1, -0.05) is 69.2 Å². The summed E-state index contributed by atoms with van der Waals surface area (Å²) in [6.45, 7) is 17.8. The lowest BCUT2D eigenvalue weighted by molar-refractivity contribution is 0.398. The SMILES string of the molecule is C.CCC(C)(C)C.CCSC(C)(C)C. The topological polar surface area (TPSA) is 0 Å². The average Bonchev–Trinajstić information content (AvgIpc) is 1.84. The van der Waals surface area contributed by atoms with Crippen LogP contribution in [0.4, 0.5) is 0 Å². The van der Waals surface area contributed by atoms with E-state index < -0.39 is 0 Å². The summed E-state index contributed by atoms with van der Waals surface area (Å²) in [5.74, 6) is 1.23. The second kappa shape index (κ2) is 8.64. The maximum absolute atomic E-state index is 2.24. The zero-order valence-electron chi connectivity index (χ0n) is 10.8. The first-order valence-electron chi connectivity index (χ1n) is 5.26. The van der Waals surface area contributed by atoms with Crippen LogP contribution in [0.5, 0.6) is 0 Å². The largest absolute Gasteiger partial charge is 0.156 e. The molecule has 0 spiro atoms. The van der Waals surface area contributed by atoms with E-state index in [1.807, 2.05) is 11.8 Å². The first-order valence-corrected chi connectivity index (χ1v) is 6.25. The van der Waals surface area contributed by atoms with Crippen LogP contribution in [0, 0.1) is 5.41 Å².